The summed E-state index contributed by atoms with van der Waals surface area (Å²) in [7, 11) is -3.69. The van der Waals surface area contributed by atoms with E-state index in [1.165, 1.54) is 24.3 Å². The molecule has 0 atom stereocenters. The maximum atomic E-state index is 13.0. The molecule has 3 aromatic rings. The molecular formula is C16H12FNO2S2. The molecule has 0 bridgehead atoms. The first-order chi connectivity index (χ1) is 10.4. The molecule has 0 unspecified atom stereocenters. The molecule has 22 heavy (non-hydrogen) atoms. The van der Waals surface area contributed by atoms with Crippen LogP contribution in [0.1, 0.15) is 0 Å². The second-order valence-electron chi connectivity index (χ2n) is 4.74. The van der Waals surface area contributed by atoms with E-state index < -0.39 is 10.0 Å². The minimum atomic E-state index is -3.69. The number of primary sulfonamides is 1. The van der Waals surface area contributed by atoms with E-state index in [4.69, 9.17) is 5.14 Å². The van der Waals surface area contributed by atoms with Gasteiger partial charge in [0, 0.05) is 10.4 Å². The normalized spacial score (nSPS) is 11.5. The number of halogens is 1. The van der Waals surface area contributed by atoms with Gasteiger partial charge in [-0.15, -0.1) is 11.3 Å². The summed E-state index contributed by atoms with van der Waals surface area (Å²) >= 11 is 1.55. The van der Waals surface area contributed by atoms with Crippen molar-refractivity contribution < 1.29 is 12.8 Å². The molecule has 3 rings (SSSR count). The molecule has 1 aromatic heterocycles. The van der Waals surface area contributed by atoms with Crippen molar-refractivity contribution in [3.63, 3.8) is 0 Å². The van der Waals surface area contributed by atoms with Crippen molar-refractivity contribution in [1.29, 1.82) is 0 Å². The van der Waals surface area contributed by atoms with Gasteiger partial charge in [-0.1, -0.05) is 24.3 Å². The van der Waals surface area contributed by atoms with Crippen LogP contribution in [0.4, 0.5) is 4.39 Å². The van der Waals surface area contributed by atoms with Crippen molar-refractivity contribution in [1.82, 2.24) is 0 Å². The van der Waals surface area contributed by atoms with E-state index in [2.05, 4.69) is 0 Å². The van der Waals surface area contributed by atoms with Gasteiger partial charge < -0.3 is 0 Å². The first-order valence-corrected chi connectivity index (χ1v) is 8.84. The van der Waals surface area contributed by atoms with Gasteiger partial charge in [0.15, 0.2) is 0 Å². The lowest BCUT2D eigenvalue weighted by molar-refractivity contribution is 0.598. The Morgan fingerprint density at radius 3 is 2.05 bits per heavy atom. The van der Waals surface area contributed by atoms with Gasteiger partial charge in [-0.3, -0.25) is 0 Å². The van der Waals surface area contributed by atoms with E-state index >= 15 is 0 Å². The molecule has 0 fully saturated rings. The summed E-state index contributed by atoms with van der Waals surface area (Å²) in [5, 5.41) is 7.05. The van der Waals surface area contributed by atoms with E-state index in [1.54, 1.807) is 35.6 Å². The predicted molar refractivity (Wildman–Crippen MR) is 86.5 cm³/mol. The molecule has 0 saturated carbocycles. The van der Waals surface area contributed by atoms with E-state index in [1.807, 2.05) is 11.4 Å². The average Bonchev–Trinajstić information content (AvgIpc) is 2.97. The van der Waals surface area contributed by atoms with Crippen molar-refractivity contribution in [2.75, 3.05) is 0 Å². The van der Waals surface area contributed by atoms with Crippen LogP contribution in [0.3, 0.4) is 0 Å². The van der Waals surface area contributed by atoms with Crippen LogP contribution in [-0.4, -0.2) is 8.42 Å². The molecule has 0 saturated heterocycles. The smallest absolute Gasteiger partial charge is 0.225 e. The lowest BCUT2D eigenvalue weighted by Gasteiger charge is -2.06. The van der Waals surface area contributed by atoms with Gasteiger partial charge in [0.05, 0.1) is 4.90 Å². The van der Waals surface area contributed by atoms with Gasteiger partial charge in [0.1, 0.15) is 5.82 Å². The lowest BCUT2D eigenvalue weighted by Crippen LogP contribution is -2.11. The first kappa shape index (κ1) is 14.9. The topological polar surface area (TPSA) is 60.2 Å². The van der Waals surface area contributed by atoms with Gasteiger partial charge >= 0.3 is 0 Å². The minimum Gasteiger partial charge on any atom is -0.225 e. The van der Waals surface area contributed by atoms with Crippen molar-refractivity contribution in [3.05, 3.63) is 65.8 Å². The van der Waals surface area contributed by atoms with Crippen LogP contribution in [0.25, 0.3) is 21.6 Å². The molecule has 0 aliphatic rings. The Morgan fingerprint density at radius 2 is 1.45 bits per heavy atom. The molecule has 112 valence electrons. The van der Waals surface area contributed by atoms with Crippen LogP contribution in [0.2, 0.25) is 0 Å². The number of sulfonamides is 1. The third-order valence-corrected chi connectivity index (χ3v) is 5.16. The van der Waals surface area contributed by atoms with Gasteiger partial charge in [-0.05, 0) is 46.8 Å². The quantitative estimate of drug-likeness (QED) is 0.791. The molecule has 2 aromatic carbocycles. The molecule has 6 heteroatoms. The number of benzene rings is 2. The average molecular weight is 333 g/mol. The van der Waals surface area contributed by atoms with Crippen molar-refractivity contribution in [2.24, 2.45) is 5.14 Å². The molecule has 0 aliphatic carbocycles. The second kappa shape index (κ2) is 5.64. The highest BCUT2D eigenvalue weighted by molar-refractivity contribution is 7.89. The Labute approximate surface area is 131 Å². The van der Waals surface area contributed by atoms with Crippen molar-refractivity contribution in [2.45, 2.75) is 4.90 Å². The Morgan fingerprint density at radius 1 is 0.864 bits per heavy atom. The standard InChI is InChI=1S/C16H12FNO2S2/c17-13-5-1-12(2-6-13)16-15(9-10-21-16)11-3-7-14(8-4-11)22(18,19)20/h1-10H,(H2,18,19,20). The molecule has 0 radical (unpaired) electrons. The Hall–Kier alpha value is -2.02. The van der Waals surface area contributed by atoms with Crippen LogP contribution in [0, 0.1) is 5.82 Å². The van der Waals surface area contributed by atoms with Crippen LogP contribution < -0.4 is 5.14 Å². The fourth-order valence-electron chi connectivity index (χ4n) is 2.19. The lowest BCUT2D eigenvalue weighted by atomic mass is 10.0. The zero-order chi connectivity index (χ0) is 15.7. The number of nitrogens with two attached hydrogens (primary N) is 1. The molecule has 0 aliphatic heterocycles. The van der Waals surface area contributed by atoms with Crippen LogP contribution in [-0.2, 0) is 10.0 Å². The maximum absolute atomic E-state index is 13.0. The van der Waals surface area contributed by atoms with E-state index in [0.717, 1.165) is 21.6 Å². The second-order valence-corrected chi connectivity index (χ2v) is 7.22. The Kier molecular flexibility index (Phi) is 3.82. The number of hydrogen-bond acceptors (Lipinski definition) is 3. The Balaban J connectivity index is 2.03. The molecule has 0 amide bonds. The van der Waals surface area contributed by atoms with Crippen LogP contribution in [0.15, 0.2) is 64.9 Å². The summed E-state index contributed by atoms with van der Waals surface area (Å²) < 4.78 is 35.6. The minimum absolute atomic E-state index is 0.0785. The summed E-state index contributed by atoms with van der Waals surface area (Å²) in [6.07, 6.45) is 0. The number of thiophene rings is 1. The SMILES string of the molecule is NS(=O)(=O)c1ccc(-c2ccsc2-c2ccc(F)cc2)cc1. The maximum Gasteiger partial charge on any atom is 0.238 e. The summed E-state index contributed by atoms with van der Waals surface area (Å²) in [5.74, 6) is -0.278. The Bertz CT molecular complexity index is 898. The van der Waals surface area contributed by atoms with E-state index in [9.17, 15) is 12.8 Å². The third kappa shape index (κ3) is 2.94. The van der Waals surface area contributed by atoms with Gasteiger partial charge in [0.2, 0.25) is 10.0 Å². The highest BCUT2D eigenvalue weighted by Crippen LogP contribution is 2.37. The first-order valence-electron chi connectivity index (χ1n) is 6.42. The molecule has 3 nitrogen and oxygen atoms in total. The van der Waals surface area contributed by atoms with Crippen molar-refractivity contribution >= 4 is 21.4 Å². The predicted octanol–water partition coefficient (Wildman–Crippen LogP) is 3.87. The fourth-order valence-corrected chi connectivity index (χ4v) is 3.63. The molecular weight excluding hydrogens is 321 g/mol. The van der Waals surface area contributed by atoms with Crippen molar-refractivity contribution in [3.8, 4) is 21.6 Å². The van der Waals surface area contributed by atoms with E-state index in [-0.39, 0.29) is 10.7 Å². The third-order valence-electron chi connectivity index (χ3n) is 3.27. The van der Waals surface area contributed by atoms with Crippen LogP contribution in [0.5, 0.6) is 0 Å². The summed E-state index contributed by atoms with van der Waals surface area (Å²) in [6, 6.07) is 14.6. The molecule has 2 N–H and O–H groups in total. The van der Waals surface area contributed by atoms with Crippen LogP contribution >= 0.6 is 11.3 Å². The molecule has 1 heterocycles. The number of hydrogen-bond donors (Lipinski definition) is 1. The van der Waals surface area contributed by atoms with Gasteiger partial charge in [0.25, 0.3) is 0 Å². The van der Waals surface area contributed by atoms with Gasteiger partial charge in [-0.2, -0.15) is 0 Å². The monoisotopic (exact) mass is 333 g/mol. The summed E-state index contributed by atoms with van der Waals surface area (Å²) in [4.78, 5) is 1.08. The highest BCUT2D eigenvalue weighted by atomic mass is 32.2. The zero-order valence-electron chi connectivity index (χ0n) is 11.4. The van der Waals surface area contributed by atoms with E-state index in [0.29, 0.717) is 0 Å². The van der Waals surface area contributed by atoms with Gasteiger partial charge in [-0.25, -0.2) is 17.9 Å². The number of rotatable bonds is 3. The fraction of sp³-hybridized carbons (Fsp3) is 0. The zero-order valence-corrected chi connectivity index (χ0v) is 13.0. The molecule has 0 spiro atoms. The largest absolute Gasteiger partial charge is 0.238 e. The summed E-state index contributed by atoms with van der Waals surface area (Å²) in [6.45, 7) is 0. The summed E-state index contributed by atoms with van der Waals surface area (Å²) in [5.41, 5.74) is 2.77. The highest BCUT2D eigenvalue weighted by Gasteiger charge is 2.11.